The van der Waals surface area contributed by atoms with Gasteiger partial charge in [0.05, 0.1) is 0 Å². The molecule has 4 nitrogen and oxygen atoms in total. The van der Waals surface area contributed by atoms with Crippen molar-refractivity contribution in [2.45, 2.75) is 18.6 Å². The lowest BCUT2D eigenvalue weighted by Gasteiger charge is -2.08. The topological polar surface area (TPSA) is 43.6 Å². The molecule has 0 aliphatic heterocycles. The van der Waals surface area contributed by atoms with E-state index in [4.69, 9.17) is 12.6 Å². The van der Waals surface area contributed by atoms with Gasteiger partial charge in [-0.3, -0.25) is 4.98 Å². The Morgan fingerprint density at radius 2 is 2.21 bits per heavy atom. The summed E-state index contributed by atoms with van der Waals surface area (Å²) < 4.78 is 1.86. The van der Waals surface area contributed by atoms with Crippen LogP contribution in [0.5, 0.6) is 0 Å². The lowest BCUT2D eigenvalue weighted by atomic mass is 10.3. The van der Waals surface area contributed by atoms with Crippen LogP contribution < -0.4 is 0 Å². The molecule has 2 rings (SSSR count). The molecule has 72 valence electrons. The quantitative estimate of drug-likeness (QED) is 0.692. The lowest BCUT2D eigenvalue weighted by Crippen LogP contribution is -2.00. The van der Waals surface area contributed by atoms with Crippen molar-refractivity contribution < 1.29 is 0 Å². The first-order valence-corrected chi connectivity index (χ1v) is 4.75. The van der Waals surface area contributed by atoms with Crippen LogP contribution in [0.3, 0.4) is 0 Å². The van der Waals surface area contributed by atoms with Gasteiger partial charge in [0, 0.05) is 17.9 Å². The summed E-state index contributed by atoms with van der Waals surface area (Å²) in [6.07, 6.45) is 1.73. The van der Waals surface area contributed by atoms with Gasteiger partial charge in [-0.1, -0.05) is 6.07 Å². The van der Waals surface area contributed by atoms with E-state index in [0.717, 1.165) is 18.1 Å². The van der Waals surface area contributed by atoms with Crippen LogP contribution in [0.15, 0.2) is 29.6 Å². The van der Waals surface area contributed by atoms with Gasteiger partial charge in [0.25, 0.3) is 0 Å². The maximum Gasteiger partial charge on any atom is 0.181 e. The Kier molecular flexibility index (Phi) is 2.41. The highest BCUT2D eigenvalue weighted by molar-refractivity contribution is 7.58. The molecule has 0 amide bonds. The molecule has 0 saturated carbocycles. The largest absolute Gasteiger partial charge is 0.740 e. The van der Waals surface area contributed by atoms with E-state index in [1.165, 1.54) is 0 Å². The summed E-state index contributed by atoms with van der Waals surface area (Å²) in [5, 5.41) is 8.36. The van der Waals surface area contributed by atoms with E-state index in [1.54, 1.807) is 6.20 Å². The maximum atomic E-state index is 5.03. The molecule has 2 heterocycles. The van der Waals surface area contributed by atoms with Gasteiger partial charge in [-0.2, -0.15) is 5.10 Å². The van der Waals surface area contributed by atoms with E-state index in [1.807, 2.05) is 29.7 Å². The van der Waals surface area contributed by atoms with Crippen molar-refractivity contribution in [3.05, 3.63) is 24.4 Å². The normalized spacial score (nSPS) is 10.4. The van der Waals surface area contributed by atoms with Gasteiger partial charge < -0.3 is 17.2 Å². The highest BCUT2D eigenvalue weighted by Gasteiger charge is 2.06. The molecule has 0 fully saturated rings. The summed E-state index contributed by atoms with van der Waals surface area (Å²) in [4.78, 5) is 4.20. The van der Waals surface area contributed by atoms with Crippen molar-refractivity contribution in [2.75, 3.05) is 0 Å². The second kappa shape index (κ2) is 3.71. The van der Waals surface area contributed by atoms with Crippen LogP contribution in [-0.2, 0) is 19.2 Å². The van der Waals surface area contributed by atoms with Gasteiger partial charge in [-0.05, 0) is 19.1 Å². The number of rotatable bonds is 2. The summed E-state index contributed by atoms with van der Waals surface area (Å²) in [6, 6.07) is 5.68. The first-order chi connectivity index (χ1) is 6.83. The molecule has 2 aromatic rings. The van der Waals surface area contributed by atoms with Crippen LogP contribution >= 0.6 is 0 Å². The molecule has 0 atom stereocenters. The first kappa shape index (κ1) is 9.08. The van der Waals surface area contributed by atoms with Crippen molar-refractivity contribution in [2.24, 2.45) is 0 Å². The number of hydrogen-bond donors (Lipinski definition) is 0. The average Bonchev–Trinajstić information content (AvgIpc) is 2.61. The van der Waals surface area contributed by atoms with Gasteiger partial charge in [0.2, 0.25) is 0 Å². The van der Waals surface area contributed by atoms with Crippen molar-refractivity contribution >= 4 is 12.6 Å². The summed E-state index contributed by atoms with van der Waals surface area (Å²) in [7, 11) is 0. The Morgan fingerprint density at radius 3 is 2.86 bits per heavy atom. The van der Waals surface area contributed by atoms with Gasteiger partial charge in [-0.25, -0.2) is 0 Å². The molecule has 0 aliphatic carbocycles. The lowest BCUT2D eigenvalue weighted by molar-refractivity contribution is 0.688. The molecule has 0 bridgehead atoms. The van der Waals surface area contributed by atoms with E-state index in [9.17, 15) is 0 Å². The Hall–Kier alpha value is -1.49. The molecule has 0 aliphatic rings. The Balaban J connectivity index is 2.52. The monoisotopic (exact) mass is 205 g/mol. The molecule has 2 aromatic heterocycles. The number of hydrogen-bond acceptors (Lipinski definition) is 4. The Labute approximate surface area is 87.4 Å². The fourth-order valence-corrected chi connectivity index (χ4v) is 1.51. The zero-order chi connectivity index (χ0) is 9.97. The minimum absolute atomic E-state index is 0.508. The minimum Gasteiger partial charge on any atom is -0.740 e. The van der Waals surface area contributed by atoms with Crippen molar-refractivity contribution in [3.63, 3.8) is 0 Å². The average molecular weight is 205 g/mol. The minimum atomic E-state index is 0.508. The van der Waals surface area contributed by atoms with Crippen LogP contribution in [0.25, 0.3) is 11.5 Å². The van der Waals surface area contributed by atoms with E-state index < -0.39 is 0 Å². The van der Waals surface area contributed by atoms with E-state index in [2.05, 4.69) is 15.2 Å². The number of aromatic nitrogens is 4. The summed E-state index contributed by atoms with van der Waals surface area (Å²) >= 11 is 5.03. The second-order valence-electron chi connectivity index (χ2n) is 2.77. The summed E-state index contributed by atoms with van der Waals surface area (Å²) in [5.41, 5.74) is 0.804. The summed E-state index contributed by atoms with van der Waals surface area (Å²) in [6.45, 7) is 2.77. The highest BCUT2D eigenvalue weighted by atomic mass is 32.1. The van der Waals surface area contributed by atoms with Gasteiger partial charge >= 0.3 is 0 Å². The standard InChI is InChI=1S/C9H10N4S/c1-2-13-8(11-12-9(13)14)7-5-3-4-6-10-7/h3-6H,2H2,1H3,(H,12,14)/p-1. The molecule has 0 radical (unpaired) electrons. The van der Waals surface area contributed by atoms with Crippen LogP contribution in [-0.4, -0.2) is 19.7 Å². The molecule has 0 N–H and O–H groups in total. The first-order valence-electron chi connectivity index (χ1n) is 4.34. The van der Waals surface area contributed by atoms with E-state index >= 15 is 0 Å². The van der Waals surface area contributed by atoms with Crippen LogP contribution in [0, 0.1) is 0 Å². The Bertz CT molecular complexity index is 424. The fourth-order valence-electron chi connectivity index (χ4n) is 1.26. The SMILES string of the molecule is CCn1c([S-])nnc1-c1ccccn1. The molecule has 14 heavy (non-hydrogen) atoms. The second-order valence-corrected chi connectivity index (χ2v) is 3.13. The molecule has 0 aromatic carbocycles. The van der Waals surface area contributed by atoms with Gasteiger partial charge in [0.15, 0.2) is 5.82 Å². The third-order valence-corrected chi connectivity index (χ3v) is 2.23. The van der Waals surface area contributed by atoms with E-state index in [-0.39, 0.29) is 0 Å². The predicted molar refractivity (Wildman–Crippen MR) is 54.6 cm³/mol. The van der Waals surface area contributed by atoms with Crippen LogP contribution in [0.1, 0.15) is 6.92 Å². The van der Waals surface area contributed by atoms with Crippen molar-refractivity contribution in [1.82, 2.24) is 19.7 Å². The third kappa shape index (κ3) is 1.46. The maximum absolute atomic E-state index is 5.03. The third-order valence-electron chi connectivity index (χ3n) is 1.93. The fraction of sp³-hybridized carbons (Fsp3) is 0.222. The molecule has 0 unspecified atom stereocenters. The van der Waals surface area contributed by atoms with Crippen LogP contribution in [0.4, 0.5) is 0 Å². The van der Waals surface area contributed by atoms with E-state index in [0.29, 0.717) is 5.16 Å². The molecule has 0 saturated heterocycles. The predicted octanol–water partition coefficient (Wildman–Crippen LogP) is 1.27. The smallest absolute Gasteiger partial charge is 0.181 e. The zero-order valence-electron chi connectivity index (χ0n) is 7.71. The molecule has 5 heteroatoms. The molecular formula is C9H9N4S-. The Morgan fingerprint density at radius 1 is 1.36 bits per heavy atom. The van der Waals surface area contributed by atoms with Gasteiger partial charge in [-0.15, -0.1) is 5.10 Å². The molecular weight excluding hydrogens is 196 g/mol. The van der Waals surface area contributed by atoms with Gasteiger partial charge in [0.1, 0.15) is 5.69 Å². The van der Waals surface area contributed by atoms with Crippen molar-refractivity contribution in [1.29, 1.82) is 0 Å². The zero-order valence-corrected chi connectivity index (χ0v) is 8.53. The number of pyridine rings is 1. The molecule has 0 spiro atoms. The summed E-state index contributed by atoms with van der Waals surface area (Å²) in [5.74, 6) is 0.734. The van der Waals surface area contributed by atoms with Crippen LogP contribution in [0.2, 0.25) is 0 Å². The number of nitrogens with zero attached hydrogens (tertiary/aromatic N) is 4. The highest BCUT2D eigenvalue weighted by Crippen LogP contribution is 2.14. The van der Waals surface area contributed by atoms with Crippen molar-refractivity contribution in [3.8, 4) is 11.5 Å².